The van der Waals surface area contributed by atoms with E-state index in [0.717, 1.165) is 21.4 Å². The normalized spacial score (nSPS) is 19.2. The van der Waals surface area contributed by atoms with Gasteiger partial charge in [0.05, 0.1) is 12.0 Å². The van der Waals surface area contributed by atoms with Gasteiger partial charge in [0.25, 0.3) is 0 Å². The van der Waals surface area contributed by atoms with Crippen molar-refractivity contribution in [3.63, 3.8) is 0 Å². The van der Waals surface area contributed by atoms with Crippen LogP contribution in [0.4, 0.5) is 10.1 Å². The van der Waals surface area contributed by atoms with E-state index < -0.39 is 5.54 Å². The number of carbonyl (C=O) groups excluding carboxylic acids is 1. The number of thioether (sulfide) groups is 1. The van der Waals surface area contributed by atoms with Gasteiger partial charge in [0.2, 0.25) is 5.91 Å². The number of amides is 1. The largest absolute Gasteiger partial charge is 0.379 e. The van der Waals surface area contributed by atoms with Crippen LogP contribution in [0.15, 0.2) is 46.8 Å². The van der Waals surface area contributed by atoms with Crippen molar-refractivity contribution in [3.8, 4) is 0 Å². The van der Waals surface area contributed by atoms with Gasteiger partial charge < -0.3 is 11.1 Å². The Balaban J connectivity index is 1.56. The number of benzene rings is 2. The Labute approximate surface area is 181 Å². The highest BCUT2D eigenvalue weighted by Gasteiger charge is 2.32. The predicted molar refractivity (Wildman–Crippen MR) is 122 cm³/mol. The lowest BCUT2D eigenvalue weighted by Gasteiger charge is -2.30. The number of hydrogen-bond acceptors (Lipinski definition) is 5. The van der Waals surface area contributed by atoms with Gasteiger partial charge in [-0.15, -0.1) is 11.3 Å². The average molecular weight is 448 g/mol. The summed E-state index contributed by atoms with van der Waals surface area (Å²) < 4.78 is 15.6. The second kappa shape index (κ2) is 7.97. The van der Waals surface area contributed by atoms with E-state index >= 15 is 0 Å². The van der Waals surface area contributed by atoms with E-state index in [0.29, 0.717) is 27.9 Å². The molecule has 0 radical (unpaired) electrons. The Bertz CT molecular complexity index is 1130. The Morgan fingerprint density at radius 1 is 1.34 bits per heavy atom. The van der Waals surface area contributed by atoms with Gasteiger partial charge in [0, 0.05) is 26.7 Å². The van der Waals surface area contributed by atoms with Crippen molar-refractivity contribution < 1.29 is 9.18 Å². The molecule has 2 heterocycles. The van der Waals surface area contributed by atoms with Gasteiger partial charge in [-0.2, -0.15) is 0 Å². The minimum Gasteiger partial charge on any atom is -0.379 e. The van der Waals surface area contributed by atoms with E-state index in [9.17, 15) is 9.18 Å². The molecule has 3 aromatic rings. The lowest BCUT2D eigenvalue weighted by molar-refractivity contribution is -0.115. The van der Waals surface area contributed by atoms with Crippen molar-refractivity contribution >= 4 is 61.5 Å². The van der Waals surface area contributed by atoms with Crippen LogP contribution in [0.5, 0.6) is 0 Å². The number of rotatable bonds is 4. The molecule has 1 atom stereocenters. The maximum Gasteiger partial charge on any atom is 0.228 e. The fraction of sp³-hybridized carbons (Fsp3) is 0.238. The standard InChI is InChI=1S/C21H19ClFN3OS2/c1-21(6-7-28-20(24)26-21)16-10-14(3-4-17(16)23)25-19(27)8-12-11-29-18-5-2-13(22)9-15(12)18/h2-5,9-11H,6-8H2,1H3,(H2,24,26)(H,25,27). The predicted octanol–water partition coefficient (Wildman–Crippen LogP) is 5.54. The summed E-state index contributed by atoms with van der Waals surface area (Å²) in [5, 5.41) is 6.92. The molecule has 8 heteroatoms. The van der Waals surface area contributed by atoms with E-state index in [1.54, 1.807) is 23.5 Å². The molecule has 1 aliphatic rings. The van der Waals surface area contributed by atoms with Crippen LogP contribution in [0.2, 0.25) is 5.02 Å². The number of thiophene rings is 1. The third kappa shape index (κ3) is 4.27. The Morgan fingerprint density at radius 2 is 2.17 bits per heavy atom. The SMILES string of the molecule is CC1(c2cc(NC(=O)Cc3csc4ccc(Cl)cc34)ccc2F)CCSC(N)=N1. The van der Waals surface area contributed by atoms with Crippen LogP contribution in [-0.2, 0) is 16.8 Å². The summed E-state index contributed by atoms with van der Waals surface area (Å²) in [6.07, 6.45) is 0.889. The molecule has 0 aliphatic carbocycles. The first-order chi connectivity index (χ1) is 13.8. The first kappa shape index (κ1) is 20.2. The molecule has 4 nitrogen and oxygen atoms in total. The first-order valence-corrected chi connectivity index (χ1v) is 11.3. The maximum atomic E-state index is 14.5. The number of fused-ring (bicyclic) bond motifs is 1. The van der Waals surface area contributed by atoms with Gasteiger partial charge in [-0.1, -0.05) is 23.4 Å². The molecule has 0 fully saturated rings. The summed E-state index contributed by atoms with van der Waals surface area (Å²) in [5.74, 6) is 0.248. The van der Waals surface area contributed by atoms with Gasteiger partial charge in [-0.05, 0) is 66.1 Å². The minimum atomic E-state index is -0.736. The molecule has 0 bridgehead atoms. The summed E-state index contributed by atoms with van der Waals surface area (Å²) in [6.45, 7) is 1.87. The second-order valence-electron chi connectivity index (χ2n) is 7.14. The molecule has 1 unspecified atom stereocenters. The molecule has 1 aliphatic heterocycles. The molecule has 0 saturated heterocycles. The molecular formula is C21H19ClFN3OS2. The number of hydrogen-bond donors (Lipinski definition) is 2. The molecule has 2 aromatic carbocycles. The number of amidine groups is 1. The molecule has 0 saturated carbocycles. The second-order valence-corrected chi connectivity index (χ2v) is 9.61. The van der Waals surface area contributed by atoms with Gasteiger partial charge in [0.1, 0.15) is 5.82 Å². The van der Waals surface area contributed by atoms with E-state index in [1.807, 2.05) is 30.5 Å². The highest BCUT2D eigenvalue weighted by Crippen LogP contribution is 2.37. The molecule has 3 N–H and O–H groups in total. The zero-order valence-corrected chi connectivity index (χ0v) is 18.1. The lowest BCUT2D eigenvalue weighted by Crippen LogP contribution is -2.30. The third-order valence-corrected chi connectivity index (χ3v) is 7.04. The van der Waals surface area contributed by atoms with Crippen molar-refractivity contribution in [2.45, 2.75) is 25.3 Å². The van der Waals surface area contributed by atoms with Crippen LogP contribution in [-0.4, -0.2) is 16.8 Å². The maximum absolute atomic E-state index is 14.5. The number of carbonyl (C=O) groups is 1. The summed E-state index contributed by atoms with van der Waals surface area (Å²) in [6, 6.07) is 10.2. The summed E-state index contributed by atoms with van der Waals surface area (Å²) in [4.78, 5) is 17.1. The topological polar surface area (TPSA) is 67.5 Å². The van der Waals surface area contributed by atoms with Crippen LogP contribution in [0, 0.1) is 5.82 Å². The van der Waals surface area contributed by atoms with Gasteiger partial charge >= 0.3 is 0 Å². The molecular weight excluding hydrogens is 429 g/mol. The quantitative estimate of drug-likeness (QED) is 0.551. The Morgan fingerprint density at radius 3 is 2.97 bits per heavy atom. The smallest absolute Gasteiger partial charge is 0.228 e. The lowest BCUT2D eigenvalue weighted by atomic mass is 9.89. The van der Waals surface area contributed by atoms with E-state index in [-0.39, 0.29) is 18.1 Å². The van der Waals surface area contributed by atoms with Gasteiger partial charge in [0.15, 0.2) is 5.17 Å². The zero-order chi connectivity index (χ0) is 20.6. The van der Waals surface area contributed by atoms with Crippen LogP contribution in [0.25, 0.3) is 10.1 Å². The average Bonchev–Trinajstić information content (AvgIpc) is 3.05. The number of nitrogens with one attached hydrogen (secondary N) is 1. The zero-order valence-electron chi connectivity index (χ0n) is 15.7. The molecule has 150 valence electrons. The summed E-state index contributed by atoms with van der Waals surface area (Å²) in [5.41, 5.74) is 7.02. The fourth-order valence-electron chi connectivity index (χ4n) is 3.47. The van der Waals surface area contributed by atoms with Crippen molar-refractivity contribution in [3.05, 3.63) is 63.7 Å². The minimum absolute atomic E-state index is 0.172. The van der Waals surface area contributed by atoms with Crippen LogP contribution in [0.1, 0.15) is 24.5 Å². The number of nitrogens with two attached hydrogens (primary N) is 1. The number of nitrogens with zero attached hydrogens (tertiary/aromatic N) is 1. The summed E-state index contributed by atoms with van der Waals surface area (Å²) >= 11 is 9.13. The van der Waals surface area contributed by atoms with E-state index in [2.05, 4.69) is 10.3 Å². The van der Waals surface area contributed by atoms with Crippen LogP contribution >= 0.6 is 34.7 Å². The van der Waals surface area contributed by atoms with Crippen molar-refractivity contribution in [2.75, 3.05) is 11.1 Å². The molecule has 29 heavy (non-hydrogen) atoms. The van der Waals surface area contributed by atoms with Gasteiger partial charge in [-0.3, -0.25) is 9.79 Å². The van der Waals surface area contributed by atoms with Crippen molar-refractivity contribution in [2.24, 2.45) is 10.7 Å². The van der Waals surface area contributed by atoms with E-state index in [4.69, 9.17) is 17.3 Å². The van der Waals surface area contributed by atoms with Gasteiger partial charge in [-0.25, -0.2) is 4.39 Å². The monoisotopic (exact) mass is 447 g/mol. The molecule has 1 amide bonds. The van der Waals surface area contributed by atoms with Crippen LogP contribution in [0.3, 0.4) is 0 Å². The van der Waals surface area contributed by atoms with E-state index in [1.165, 1.54) is 17.8 Å². The highest BCUT2D eigenvalue weighted by atomic mass is 35.5. The first-order valence-electron chi connectivity index (χ1n) is 9.08. The number of aliphatic imine (C=N–C) groups is 1. The highest BCUT2D eigenvalue weighted by molar-refractivity contribution is 8.13. The third-order valence-electron chi connectivity index (χ3n) is 4.99. The molecule has 0 spiro atoms. The summed E-state index contributed by atoms with van der Waals surface area (Å²) in [7, 11) is 0. The molecule has 1 aromatic heterocycles. The number of halogens is 2. The fourth-order valence-corrected chi connectivity index (χ4v) is 5.56. The Kier molecular flexibility index (Phi) is 5.55. The van der Waals surface area contributed by atoms with Crippen molar-refractivity contribution in [1.29, 1.82) is 0 Å². The Hall–Kier alpha value is -2.09. The number of anilines is 1. The van der Waals surface area contributed by atoms with Crippen LogP contribution < -0.4 is 11.1 Å². The molecule has 4 rings (SSSR count). The van der Waals surface area contributed by atoms with Crippen molar-refractivity contribution in [1.82, 2.24) is 0 Å².